The van der Waals surface area contributed by atoms with E-state index in [0.717, 1.165) is 28.8 Å². The molecular weight excluding hydrogens is 441 g/mol. The Morgan fingerprint density at radius 3 is 2.46 bits per heavy atom. The number of carbonyl (C=O) groups excluding carboxylic acids is 2. The maximum Gasteiger partial charge on any atom is 0.339 e. The van der Waals surface area contributed by atoms with Gasteiger partial charge in [-0.15, -0.1) is 0 Å². The lowest BCUT2D eigenvalue weighted by Gasteiger charge is -2.26. The number of rotatable bonds is 5. The van der Waals surface area contributed by atoms with E-state index in [2.05, 4.69) is 13.0 Å². The molecule has 4 aromatic rings. The highest BCUT2D eigenvalue weighted by Gasteiger charge is 2.29. The summed E-state index contributed by atoms with van der Waals surface area (Å²) in [5.74, 6) is -1.05. The number of fused-ring (bicyclic) bond motifs is 2. The number of carbonyl (C=O) groups is 2. The Hall–Kier alpha value is -4.12. The Bertz CT molecular complexity index is 1440. The van der Waals surface area contributed by atoms with E-state index in [9.17, 15) is 14.0 Å². The molecule has 1 heterocycles. The van der Waals surface area contributed by atoms with Gasteiger partial charge >= 0.3 is 5.97 Å². The predicted molar refractivity (Wildman–Crippen MR) is 135 cm³/mol. The van der Waals surface area contributed by atoms with E-state index in [1.807, 2.05) is 54.6 Å². The van der Waals surface area contributed by atoms with Gasteiger partial charge in [0, 0.05) is 10.9 Å². The van der Waals surface area contributed by atoms with Crippen molar-refractivity contribution in [3.63, 3.8) is 0 Å². The van der Waals surface area contributed by atoms with Crippen LogP contribution in [0.5, 0.6) is 0 Å². The molecule has 0 bridgehead atoms. The van der Waals surface area contributed by atoms with Crippen molar-refractivity contribution in [1.29, 1.82) is 0 Å². The smallest absolute Gasteiger partial charge is 0.339 e. The molecule has 0 saturated carbocycles. The van der Waals surface area contributed by atoms with Crippen molar-refractivity contribution in [3.05, 3.63) is 113 Å². The molecule has 0 amide bonds. The number of para-hydroxylation sites is 1. The molecule has 5 heteroatoms. The van der Waals surface area contributed by atoms with Crippen LogP contribution in [0.2, 0.25) is 0 Å². The topological polar surface area (TPSA) is 56.3 Å². The first kappa shape index (κ1) is 22.7. The SMILES string of the molecule is CC1CC(=Cc2ccccc2)c2nc3ccccc3c(C(=O)OCC(=O)c3ccc(F)cc3)c2C1. The minimum absolute atomic E-state index is 0.294. The van der Waals surface area contributed by atoms with Gasteiger partial charge in [0.2, 0.25) is 0 Å². The van der Waals surface area contributed by atoms with Crippen molar-refractivity contribution in [2.45, 2.75) is 19.8 Å². The number of hydrogen-bond donors (Lipinski definition) is 0. The second-order valence-electron chi connectivity index (χ2n) is 8.93. The molecule has 1 atom stereocenters. The van der Waals surface area contributed by atoms with Gasteiger partial charge in [-0.05, 0) is 71.9 Å². The molecule has 5 rings (SSSR count). The lowest BCUT2D eigenvalue weighted by molar-refractivity contribution is 0.0475. The van der Waals surface area contributed by atoms with E-state index in [0.29, 0.717) is 34.4 Å². The number of Topliss-reactive ketones (excluding diaryl/α,β-unsaturated/α-hetero) is 1. The maximum absolute atomic E-state index is 13.4. The molecule has 1 aliphatic carbocycles. The third kappa shape index (κ3) is 4.76. The summed E-state index contributed by atoms with van der Waals surface area (Å²) in [6.07, 6.45) is 3.67. The van der Waals surface area contributed by atoms with E-state index in [1.54, 1.807) is 0 Å². The van der Waals surface area contributed by atoms with Gasteiger partial charge in [0.15, 0.2) is 12.4 Å². The summed E-state index contributed by atoms with van der Waals surface area (Å²) in [6.45, 7) is 1.74. The summed E-state index contributed by atoms with van der Waals surface area (Å²) < 4.78 is 18.7. The van der Waals surface area contributed by atoms with E-state index in [1.165, 1.54) is 24.3 Å². The molecule has 3 aromatic carbocycles. The fourth-order valence-corrected chi connectivity index (χ4v) is 4.64. The number of nitrogens with zero attached hydrogens (tertiary/aromatic N) is 1. The average molecular weight is 466 g/mol. The predicted octanol–water partition coefficient (Wildman–Crippen LogP) is 6.54. The molecule has 174 valence electrons. The van der Waals surface area contributed by atoms with Gasteiger partial charge in [-0.3, -0.25) is 4.79 Å². The first-order valence-corrected chi connectivity index (χ1v) is 11.6. The van der Waals surface area contributed by atoms with E-state index in [4.69, 9.17) is 9.72 Å². The number of allylic oxidation sites excluding steroid dienone is 1. The van der Waals surface area contributed by atoms with Crippen molar-refractivity contribution >= 4 is 34.3 Å². The highest BCUT2D eigenvalue weighted by molar-refractivity contribution is 6.08. The fraction of sp³-hybridized carbons (Fsp3) is 0.167. The summed E-state index contributed by atoms with van der Waals surface area (Å²) in [7, 11) is 0. The Morgan fingerprint density at radius 1 is 0.971 bits per heavy atom. The second-order valence-corrected chi connectivity index (χ2v) is 8.93. The van der Waals surface area contributed by atoms with Gasteiger partial charge in [0.05, 0.1) is 16.8 Å². The molecule has 1 unspecified atom stereocenters. The van der Waals surface area contributed by atoms with Crippen LogP contribution in [0.4, 0.5) is 4.39 Å². The number of esters is 1. The lowest BCUT2D eigenvalue weighted by Crippen LogP contribution is -2.21. The number of ether oxygens (including phenoxy) is 1. The zero-order valence-electron chi connectivity index (χ0n) is 19.3. The third-order valence-electron chi connectivity index (χ3n) is 6.26. The van der Waals surface area contributed by atoms with Gasteiger partial charge in [0.1, 0.15) is 5.82 Å². The summed E-state index contributed by atoms with van der Waals surface area (Å²) in [4.78, 5) is 30.9. The van der Waals surface area contributed by atoms with Gasteiger partial charge in [-0.1, -0.05) is 55.5 Å². The molecule has 0 saturated heterocycles. The number of aromatic nitrogens is 1. The monoisotopic (exact) mass is 465 g/mol. The first-order valence-electron chi connectivity index (χ1n) is 11.6. The zero-order valence-corrected chi connectivity index (χ0v) is 19.3. The van der Waals surface area contributed by atoms with Gasteiger partial charge in [-0.2, -0.15) is 0 Å². The van der Waals surface area contributed by atoms with Crippen molar-refractivity contribution in [2.75, 3.05) is 6.61 Å². The zero-order chi connectivity index (χ0) is 24.4. The largest absolute Gasteiger partial charge is 0.454 e. The number of hydrogen-bond acceptors (Lipinski definition) is 4. The Morgan fingerprint density at radius 2 is 1.69 bits per heavy atom. The molecule has 0 spiro atoms. The number of benzene rings is 3. The molecular formula is C30H24FNO3. The van der Waals surface area contributed by atoms with Crippen molar-refractivity contribution in [1.82, 2.24) is 4.98 Å². The van der Waals surface area contributed by atoms with Crippen LogP contribution < -0.4 is 0 Å². The highest BCUT2D eigenvalue weighted by Crippen LogP contribution is 2.38. The molecule has 4 nitrogen and oxygen atoms in total. The van der Waals surface area contributed by atoms with Crippen LogP contribution in [0, 0.1) is 11.7 Å². The molecule has 1 aromatic heterocycles. The quantitative estimate of drug-likeness (QED) is 0.248. The van der Waals surface area contributed by atoms with Gasteiger partial charge in [0.25, 0.3) is 0 Å². The van der Waals surface area contributed by atoms with Crippen molar-refractivity contribution in [3.8, 4) is 0 Å². The molecule has 35 heavy (non-hydrogen) atoms. The lowest BCUT2D eigenvalue weighted by atomic mass is 9.80. The average Bonchev–Trinajstić information content (AvgIpc) is 2.87. The summed E-state index contributed by atoms with van der Waals surface area (Å²) in [5.41, 5.74) is 5.27. The van der Waals surface area contributed by atoms with Crippen LogP contribution in [0.15, 0.2) is 78.9 Å². The Balaban J connectivity index is 1.54. The van der Waals surface area contributed by atoms with E-state index >= 15 is 0 Å². The number of halogens is 1. The van der Waals surface area contributed by atoms with Crippen LogP contribution in [0.1, 0.15) is 50.9 Å². The normalized spacial score (nSPS) is 16.2. The molecule has 1 aliphatic rings. The second kappa shape index (κ2) is 9.63. The van der Waals surface area contributed by atoms with Crippen LogP contribution in [0.3, 0.4) is 0 Å². The Kier molecular flexibility index (Phi) is 6.23. The molecule has 0 radical (unpaired) electrons. The number of ketones is 1. The van der Waals surface area contributed by atoms with Crippen LogP contribution in [0.25, 0.3) is 22.6 Å². The summed E-state index contributed by atoms with van der Waals surface area (Å²) in [5, 5.41) is 0.707. The molecule has 0 aliphatic heterocycles. The van der Waals surface area contributed by atoms with Crippen molar-refractivity contribution < 1.29 is 18.7 Å². The molecule has 0 fully saturated rings. The summed E-state index contributed by atoms with van der Waals surface area (Å²) >= 11 is 0. The van der Waals surface area contributed by atoms with Gasteiger partial charge < -0.3 is 4.74 Å². The van der Waals surface area contributed by atoms with E-state index in [-0.39, 0.29) is 5.78 Å². The van der Waals surface area contributed by atoms with Crippen molar-refractivity contribution in [2.24, 2.45) is 5.92 Å². The summed E-state index contributed by atoms with van der Waals surface area (Å²) in [6, 6.07) is 22.8. The maximum atomic E-state index is 13.4. The molecule has 0 N–H and O–H groups in total. The van der Waals surface area contributed by atoms with E-state index < -0.39 is 18.4 Å². The van der Waals surface area contributed by atoms with Crippen LogP contribution >= 0.6 is 0 Å². The minimum Gasteiger partial charge on any atom is -0.454 e. The highest BCUT2D eigenvalue weighted by atomic mass is 19.1. The fourth-order valence-electron chi connectivity index (χ4n) is 4.64. The standard InChI is InChI=1S/C30H24FNO3/c1-19-15-22(17-20-7-3-2-4-8-20)29-25(16-19)28(24-9-5-6-10-26(24)32-29)30(34)35-18-27(33)21-11-13-23(31)14-12-21/h2-14,17,19H,15-16,18H2,1H3. The minimum atomic E-state index is -0.552. The van der Waals surface area contributed by atoms with Crippen LogP contribution in [-0.2, 0) is 11.2 Å². The first-order chi connectivity index (χ1) is 17.0. The van der Waals surface area contributed by atoms with Crippen LogP contribution in [-0.4, -0.2) is 23.3 Å². The van der Waals surface area contributed by atoms with Gasteiger partial charge in [-0.25, -0.2) is 14.2 Å². The Labute approximate surface area is 203 Å². The third-order valence-corrected chi connectivity index (χ3v) is 6.26. The number of pyridine rings is 1.